The van der Waals surface area contributed by atoms with Gasteiger partial charge >= 0.3 is 0 Å². The summed E-state index contributed by atoms with van der Waals surface area (Å²) in [5, 5.41) is 6.71. The van der Waals surface area contributed by atoms with E-state index in [-0.39, 0.29) is 0 Å². The van der Waals surface area contributed by atoms with Crippen molar-refractivity contribution in [1.82, 2.24) is 10.6 Å². The Morgan fingerprint density at radius 3 is 2.75 bits per heavy atom. The second kappa shape index (κ2) is 10.9. The van der Waals surface area contributed by atoms with E-state index in [0.29, 0.717) is 6.10 Å². The van der Waals surface area contributed by atoms with E-state index in [0.717, 1.165) is 57.6 Å². The molecule has 1 saturated heterocycles. The summed E-state index contributed by atoms with van der Waals surface area (Å²) >= 11 is 0. The maximum absolute atomic E-state index is 5.73. The van der Waals surface area contributed by atoms with Crippen LogP contribution in [0.3, 0.4) is 0 Å². The number of aliphatic imine (C=N–C) groups is 1. The fraction of sp³-hybridized carbons (Fsp3) is 0.933. The Balaban J connectivity index is 2.02. The predicted octanol–water partition coefficient (Wildman–Crippen LogP) is 1.78. The molecule has 1 heterocycles. The summed E-state index contributed by atoms with van der Waals surface area (Å²) in [5.74, 6) is 1.61. The topological polar surface area (TPSA) is 54.9 Å². The minimum atomic E-state index is 0.308. The number of hydrogen-bond donors (Lipinski definition) is 2. The highest BCUT2D eigenvalue weighted by Crippen LogP contribution is 2.08. The van der Waals surface area contributed by atoms with E-state index in [2.05, 4.69) is 29.5 Å². The number of rotatable bonds is 9. The normalized spacial score (nSPS) is 19.6. The van der Waals surface area contributed by atoms with Gasteiger partial charge in [0.25, 0.3) is 0 Å². The molecule has 0 aliphatic carbocycles. The largest absolute Gasteiger partial charge is 0.379 e. The van der Waals surface area contributed by atoms with Crippen LogP contribution in [0, 0.1) is 5.92 Å². The van der Waals surface area contributed by atoms with Crippen LogP contribution in [0.2, 0.25) is 0 Å². The molecule has 0 spiro atoms. The van der Waals surface area contributed by atoms with E-state index in [1.165, 1.54) is 12.8 Å². The molecule has 0 amide bonds. The summed E-state index contributed by atoms with van der Waals surface area (Å²) in [6, 6.07) is 0. The van der Waals surface area contributed by atoms with E-state index >= 15 is 0 Å². The van der Waals surface area contributed by atoms with Crippen LogP contribution in [0.4, 0.5) is 0 Å². The summed E-state index contributed by atoms with van der Waals surface area (Å²) in [5.41, 5.74) is 0. The van der Waals surface area contributed by atoms with Crippen molar-refractivity contribution in [2.45, 2.75) is 45.6 Å². The molecule has 1 aliphatic heterocycles. The first kappa shape index (κ1) is 17.2. The maximum atomic E-state index is 5.73. The van der Waals surface area contributed by atoms with Crippen LogP contribution in [0.5, 0.6) is 0 Å². The van der Waals surface area contributed by atoms with Crippen LogP contribution in [-0.2, 0) is 9.47 Å². The number of guanidine groups is 1. The van der Waals surface area contributed by atoms with Gasteiger partial charge in [0, 0.05) is 33.4 Å². The van der Waals surface area contributed by atoms with E-state index in [4.69, 9.17) is 9.47 Å². The summed E-state index contributed by atoms with van der Waals surface area (Å²) < 4.78 is 11.0. The lowest BCUT2D eigenvalue weighted by molar-refractivity contribution is 0.0420. The van der Waals surface area contributed by atoms with Crippen LogP contribution in [0.15, 0.2) is 4.99 Å². The standard InChI is InChI=1S/C15H31N3O2/c1-4-13(5-2)11-18-15(16-3)17-8-6-9-20-14-7-10-19-12-14/h13-14H,4-12H2,1-3H3,(H2,16,17,18). The number of ether oxygens (including phenoxy) is 2. The molecular formula is C15H31N3O2. The quantitative estimate of drug-likeness (QED) is 0.385. The molecule has 1 fully saturated rings. The molecule has 5 nitrogen and oxygen atoms in total. The zero-order chi connectivity index (χ0) is 14.6. The van der Waals surface area contributed by atoms with Crippen molar-refractivity contribution in [3.63, 3.8) is 0 Å². The van der Waals surface area contributed by atoms with E-state index in [9.17, 15) is 0 Å². The van der Waals surface area contributed by atoms with Crippen molar-refractivity contribution >= 4 is 5.96 Å². The monoisotopic (exact) mass is 285 g/mol. The zero-order valence-corrected chi connectivity index (χ0v) is 13.3. The first-order valence-corrected chi connectivity index (χ1v) is 7.94. The maximum Gasteiger partial charge on any atom is 0.190 e. The van der Waals surface area contributed by atoms with Crippen molar-refractivity contribution in [2.75, 3.05) is 40.0 Å². The van der Waals surface area contributed by atoms with Crippen LogP contribution < -0.4 is 10.6 Å². The molecule has 0 bridgehead atoms. The van der Waals surface area contributed by atoms with Gasteiger partial charge in [0.2, 0.25) is 0 Å². The van der Waals surface area contributed by atoms with Crippen molar-refractivity contribution in [1.29, 1.82) is 0 Å². The Labute approximate surface area is 123 Å². The van der Waals surface area contributed by atoms with Crippen molar-refractivity contribution < 1.29 is 9.47 Å². The van der Waals surface area contributed by atoms with Gasteiger partial charge < -0.3 is 20.1 Å². The van der Waals surface area contributed by atoms with Gasteiger partial charge in [0.1, 0.15) is 0 Å². The fourth-order valence-corrected chi connectivity index (χ4v) is 2.21. The molecule has 1 rings (SSSR count). The van der Waals surface area contributed by atoms with Gasteiger partial charge in [-0.2, -0.15) is 0 Å². The predicted molar refractivity (Wildman–Crippen MR) is 83.2 cm³/mol. The lowest BCUT2D eigenvalue weighted by atomic mass is 10.0. The smallest absolute Gasteiger partial charge is 0.190 e. The van der Waals surface area contributed by atoms with Gasteiger partial charge in [-0.1, -0.05) is 26.7 Å². The highest BCUT2D eigenvalue weighted by molar-refractivity contribution is 5.79. The molecule has 2 N–H and O–H groups in total. The van der Waals surface area contributed by atoms with E-state index in [1.807, 2.05) is 7.05 Å². The van der Waals surface area contributed by atoms with Crippen molar-refractivity contribution in [3.8, 4) is 0 Å². The first-order chi connectivity index (χ1) is 9.80. The van der Waals surface area contributed by atoms with Gasteiger partial charge in [-0.3, -0.25) is 4.99 Å². The molecule has 1 unspecified atom stereocenters. The second-order valence-corrected chi connectivity index (χ2v) is 5.27. The number of nitrogens with one attached hydrogen (secondary N) is 2. The van der Waals surface area contributed by atoms with Crippen molar-refractivity contribution in [3.05, 3.63) is 0 Å². The Hall–Kier alpha value is -0.810. The molecule has 0 saturated carbocycles. The third-order valence-electron chi connectivity index (χ3n) is 3.79. The minimum Gasteiger partial charge on any atom is -0.379 e. The van der Waals surface area contributed by atoms with E-state index < -0.39 is 0 Å². The number of hydrogen-bond acceptors (Lipinski definition) is 3. The molecule has 118 valence electrons. The van der Waals surface area contributed by atoms with Crippen LogP contribution >= 0.6 is 0 Å². The molecule has 5 heteroatoms. The fourth-order valence-electron chi connectivity index (χ4n) is 2.21. The molecule has 0 aromatic heterocycles. The lowest BCUT2D eigenvalue weighted by Gasteiger charge is -2.17. The summed E-state index contributed by atoms with van der Waals surface area (Å²) in [7, 11) is 1.81. The zero-order valence-electron chi connectivity index (χ0n) is 13.3. The second-order valence-electron chi connectivity index (χ2n) is 5.27. The third-order valence-corrected chi connectivity index (χ3v) is 3.79. The molecule has 1 atom stereocenters. The van der Waals surface area contributed by atoms with Gasteiger partial charge in [-0.15, -0.1) is 0 Å². The van der Waals surface area contributed by atoms with Crippen LogP contribution in [0.1, 0.15) is 39.5 Å². The Kier molecular flexibility index (Phi) is 9.41. The van der Waals surface area contributed by atoms with Gasteiger partial charge in [0.05, 0.1) is 12.7 Å². The molecule has 0 aromatic rings. The SMILES string of the molecule is CCC(CC)CNC(=NC)NCCCOC1CCOC1. The highest BCUT2D eigenvalue weighted by atomic mass is 16.5. The summed E-state index contributed by atoms with van der Waals surface area (Å²) in [6.07, 6.45) is 4.74. The average molecular weight is 285 g/mol. The summed E-state index contributed by atoms with van der Waals surface area (Å²) in [6.45, 7) is 8.72. The summed E-state index contributed by atoms with van der Waals surface area (Å²) in [4.78, 5) is 4.24. The first-order valence-electron chi connectivity index (χ1n) is 7.94. The molecule has 1 aliphatic rings. The van der Waals surface area contributed by atoms with Gasteiger partial charge in [-0.05, 0) is 18.8 Å². The molecule has 0 aromatic carbocycles. The molecule has 0 radical (unpaired) electrons. The van der Waals surface area contributed by atoms with Gasteiger partial charge in [0.15, 0.2) is 5.96 Å². The Morgan fingerprint density at radius 2 is 2.15 bits per heavy atom. The molecule has 20 heavy (non-hydrogen) atoms. The van der Waals surface area contributed by atoms with E-state index in [1.54, 1.807) is 0 Å². The Morgan fingerprint density at radius 1 is 1.35 bits per heavy atom. The van der Waals surface area contributed by atoms with Crippen LogP contribution in [-0.4, -0.2) is 52.0 Å². The minimum absolute atomic E-state index is 0.308. The van der Waals surface area contributed by atoms with Crippen LogP contribution in [0.25, 0.3) is 0 Å². The average Bonchev–Trinajstić information content (AvgIpc) is 2.99. The Bertz CT molecular complexity index is 262. The molecular weight excluding hydrogens is 254 g/mol. The number of nitrogens with zero attached hydrogens (tertiary/aromatic N) is 1. The third kappa shape index (κ3) is 7.10. The highest BCUT2D eigenvalue weighted by Gasteiger charge is 2.15. The lowest BCUT2D eigenvalue weighted by Crippen LogP contribution is -2.40. The van der Waals surface area contributed by atoms with Gasteiger partial charge in [-0.25, -0.2) is 0 Å². The van der Waals surface area contributed by atoms with Crippen molar-refractivity contribution in [2.24, 2.45) is 10.9 Å².